The van der Waals surface area contributed by atoms with Gasteiger partial charge in [-0.1, -0.05) is 55.4 Å². The SMILES string of the molecule is CC(C)[C@H]1C[C@H](C(C)C)P1[c-]1cccc1.CC(C)[C@H]1C[C@H](C(C)C)P1[c-]1cccc1.[Fe+2]. The Morgan fingerprint density at radius 1 is 0.516 bits per heavy atom. The molecule has 4 rings (SSSR count). The van der Waals surface area contributed by atoms with Gasteiger partial charge in [0.05, 0.1) is 0 Å². The Hall–Kier alpha value is 0.0795. The van der Waals surface area contributed by atoms with E-state index < -0.39 is 0 Å². The predicted molar refractivity (Wildman–Crippen MR) is 141 cm³/mol. The zero-order valence-corrected chi connectivity index (χ0v) is 23.8. The van der Waals surface area contributed by atoms with Gasteiger partial charge in [-0.3, -0.25) is 0 Å². The van der Waals surface area contributed by atoms with E-state index in [4.69, 9.17) is 0 Å². The van der Waals surface area contributed by atoms with Crippen molar-refractivity contribution in [1.29, 1.82) is 0 Å². The molecule has 0 bridgehead atoms. The van der Waals surface area contributed by atoms with E-state index in [9.17, 15) is 0 Å². The smallest absolute Gasteiger partial charge is 0.213 e. The largest absolute Gasteiger partial charge is 2.00 e. The summed E-state index contributed by atoms with van der Waals surface area (Å²) in [5.74, 6) is 3.45. The third-order valence-electron chi connectivity index (χ3n) is 7.36. The van der Waals surface area contributed by atoms with Crippen molar-refractivity contribution < 1.29 is 17.1 Å². The van der Waals surface area contributed by atoms with Crippen molar-refractivity contribution >= 4 is 26.5 Å². The van der Waals surface area contributed by atoms with Crippen molar-refractivity contribution in [2.75, 3.05) is 0 Å². The molecule has 0 aliphatic carbocycles. The van der Waals surface area contributed by atoms with Gasteiger partial charge in [-0.05, 0) is 59.1 Å². The topological polar surface area (TPSA) is 0 Å². The van der Waals surface area contributed by atoms with E-state index in [2.05, 4.69) is 104 Å². The molecular formula is C28H44FeP2. The molecule has 0 saturated carbocycles. The Balaban J connectivity index is 0.000000213. The average Bonchev–Trinajstić information content (AvgIpc) is 3.26. The van der Waals surface area contributed by atoms with Crippen molar-refractivity contribution in [1.82, 2.24) is 0 Å². The van der Waals surface area contributed by atoms with Gasteiger partial charge in [0.2, 0.25) is 0 Å². The number of hydrogen-bond donors (Lipinski definition) is 0. The molecule has 0 unspecified atom stereocenters. The van der Waals surface area contributed by atoms with Crippen LogP contribution in [0.2, 0.25) is 0 Å². The van der Waals surface area contributed by atoms with Crippen LogP contribution in [0, 0.1) is 23.7 Å². The van der Waals surface area contributed by atoms with Gasteiger partial charge in [0, 0.05) is 0 Å². The maximum absolute atomic E-state index is 2.39. The standard InChI is InChI=1S/2C14H22P.Fe/c2*1-10(2)13-9-14(11(3)4)15(13)12-7-5-6-8-12;/h2*5-8,10-11,13-14H,9H2,1-4H3;/q2*-1;+2/t2*13-,14-;/m11./s1. The van der Waals surface area contributed by atoms with Gasteiger partial charge in [0.15, 0.2) is 0 Å². The number of hydrogen-bond acceptors (Lipinski definition) is 0. The normalized spacial score (nSPS) is 26.5. The minimum atomic E-state index is 0. The summed E-state index contributed by atoms with van der Waals surface area (Å²) in [5, 5.41) is 3.29. The van der Waals surface area contributed by atoms with Crippen LogP contribution in [0.4, 0.5) is 0 Å². The Morgan fingerprint density at radius 2 is 0.742 bits per heavy atom. The Morgan fingerprint density at radius 3 is 0.935 bits per heavy atom. The molecule has 4 atom stereocenters. The summed E-state index contributed by atoms with van der Waals surface area (Å²) >= 11 is 0. The third kappa shape index (κ3) is 6.15. The fraction of sp³-hybridized carbons (Fsp3) is 0.643. The first kappa shape index (κ1) is 27.3. The van der Waals surface area contributed by atoms with Crippen molar-refractivity contribution in [3.05, 3.63) is 48.5 Å². The molecule has 0 amide bonds. The monoisotopic (exact) mass is 498 g/mol. The van der Waals surface area contributed by atoms with Crippen molar-refractivity contribution in [2.45, 2.75) is 90.9 Å². The second kappa shape index (κ2) is 12.0. The van der Waals surface area contributed by atoms with Crippen LogP contribution in [0.3, 0.4) is 0 Å². The molecular weight excluding hydrogens is 454 g/mol. The van der Waals surface area contributed by atoms with Gasteiger partial charge in [-0.2, -0.15) is 24.3 Å². The first-order valence-electron chi connectivity index (χ1n) is 12.2. The van der Waals surface area contributed by atoms with Gasteiger partial charge >= 0.3 is 17.1 Å². The zero-order chi connectivity index (χ0) is 22.0. The summed E-state index contributed by atoms with van der Waals surface area (Å²) in [6, 6.07) is 18.2. The molecule has 2 fully saturated rings. The maximum Gasteiger partial charge on any atom is 2.00 e. The summed E-state index contributed by atoms with van der Waals surface area (Å²) in [6.07, 6.45) is 2.93. The molecule has 3 heteroatoms. The molecule has 31 heavy (non-hydrogen) atoms. The van der Waals surface area contributed by atoms with Crippen molar-refractivity contribution in [2.24, 2.45) is 23.7 Å². The van der Waals surface area contributed by atoms with Crippen LogP contribution in [0.25, 0.3) is 0 Å². The fourth-order valence-electron chi connectivity index (χ4n) is 5.38. The van der Waals surface area contributed by atoms with E-state index in [0.29, 0.717) is 0 Å². The van der Waals surface area contributed by atoms with Crippen LogP contribution in [0.15, 0.2) is 48.5 Å². The molecule has 0 aromatic heterocycles. The third-order valence-corrected chi connectivity index (χ3v) is 15.2. The van der Waals surface area contributed by atoms with Crippen LogP contribution in [-0.4, -0.2) is 22.6 Å². The van der Waals surface area contributed by atoms with Crippen LogP contribution >= 0.6 is 15.8 Å². The summed E-state index contributed by atoms with van der Waals surface area (Å²) < 4.78 is 0. The molecule has 2 aromatic carbocycles. The van der Waals surface area contributed by atoms with Crippen molar-refractivity contribution in [3.63, 3.8) is 0 Å². The molecule has 0 N–H and O–H groups in total. The van der Waals surface area contributed by atoms with Gasteiger partial charge in [0.1, 0.15) is 0 Å². The first-order valence-corrected chi connectivity index (χ1v) is 15.2. The van der Waals surface area contributed by atoms with E-state index in [-0.39, 0.29) is 32.9 Å². The van der Waals surface area contributed by atoms with E-state index in [1.54, 1.807) is 10.6 Å². The summed E-state index contributed by atoms with van der Waals surface area (Å²) in [5.41, 5.74) is 3.93. The number of rotatable bonds is 6. The second-order valence-electron chi connectivity index (χ2n) is 10.8. The summed E-state index contributed by atoms with van der Waals surface area (Å²) in [4.78, 5) is 0. The molecule has 2 aliphatic heterocycles. The van der Waals surface area contributed by atoms with E-state index in [0.717, 1.165) is 46.3 Å². The summed E-state index contributed by atoms with van der Waals surface area (Å²) in [7, 11) is 0.277. The molecule has 0 spiro atoms. The van der Waals surface area contributed by atoms with Crippen LogP contribution in [0.1, 0.15) is 68.2 Å². The summed E-state index contributed by atoms with van der Waals surface area (Å²) in [6.45, 7) is 19.1. The molecule has 2 heterocycles. The van der Waals surface area contributed by atoms with Crippen LogP contribution in [0.5, 0.6) is 0 Å². The molecule has 2 saturated heterocycles. The fourth-order valence-corrected chi connectivity index (χ4v) is 12.5. The average molecular weight is 498 g/mol. The molecule has 174 valence electrons. The van der Waals surface area contributed by atoms with Crippen LogP contribution < -0.4 is 10.6 Å². The van der Waals surface area contributed by atoms with Gasteiger partial charge < -0.3 is 0 Å². The molecule has 0 nitrogen and oxygen atoms in total. The minimum Gasteiger partial charge on any atom is -0.213 e. The molecule has 0 radical (unpaired) electrons. The second-order valence-corrected chi connectivity index (χ2v) is 16.1. The Labute approximate surface area is 206 Å². The van der Waals surface area contributed by atoms with Gasteiger partial charge in [-0.25, -0.2) is 24.3 Å². The van der Waals surface area contributed by atoms with Crippen LogP contribution in [-0.2, 0) is 17.1 Å². The minimum absolute atomic E-state index is 0. The zero-order valence-electron chi connectivity index (χ0n) is 20.9. The maximum atomic E-state index is 2.39. The Bertz CT molecular complexity index is 637. The van der Waals surface area contributed by atoms with Gasteiger partial charge in [-0.15, -0.1) is 26.5 Å². The van der Waals surface area contributed by atoms with Crippen molar-refractivity contribution in [3.8, 4) is 0 Å². The first-order chi connectivity index (χ1) is 14.2. The van der Waals surface area contributed by atoms with Gasteiger partial charge in [0.25, 0.3) is 0 Å². The quantitative estimate of drug-likeness (QED) is 0.216. The molecule has 2 aromatic rings. The predicted octanol–water partition coefficient (Wildman–Crippen LogP) is 7.93. The van der Waals surface area contributed by atoms with E-state index >= 15 is 0 Å². The molecule has 2 aliphatic rings. The van der Waals surface area contributed by atoms with E-state index in [1.807, 2.05) is 0 Å². The van der Waals surface area contributed by atoms with E-state index in [1.165, 1.54) is 12.8 Å². The Kier molecular flexibility index (Phi) is 10.6.